The van der Waals surface area contributed by atoms with Crippen molar-refractivity contribution >= 4 is 17.5 Å². The topological polar surface area (TPSA) is 94.4 Å². The Morgan fingerprint density at radius 2 is 1.84 bits per heavy atom. The van der Waals surface area contributed by atoms with Crippen LogP contribution in [0.4, 0.5) is 29.3 Å². The van der Waals surface area contributed by atoms with Gasteiger partial charge in [-0.25, -0.2) is 4.79 Å². The highest BCUT2D eigenvalue weighted by molar-refractivity contribution is 5.77. The van der Waals surface area contributed by atoms with Crippen molar-refractivity contribution < 1.29 is 27.4 Å². The van der Waals surface area contributed by atoms with Crippen molar-refractivity contribution in [2.24, 2.45) is 0 Å². The van der Waals surface area contributed by atoms with Gasteiger partial charge in [0.25, 0.3) is 0 Å². The van der Waals surface area contributed by atoms with Crippen LogP contribution in [0.15, 0.2) is 48.5 Å². The number of anilines is 2. The van der Waals surface area contributed by atoms with E-state index in [1.54, 1.807) is 23.1 Å². The summed E-state index contributed by atoms with van der Waals surface area (Å²) in [6.45, 7) is 7.33. The fourth-order valence-electron chi connectivity index (χ4n) is 4.00. The quantitative estimate of drug-likeness (QED) is 0.428. The summed E-state index contributed by atoms with van der Waals surface area (Å²) >= 11 is 0. The van der Waals surface area contributed by atoms with Crippen LogP contribution in [0.2, 0.25) is 0 Å². The molecule has 1 amide bonds. The summed E-state index contributed by atoms with van der Waals surface area (Å²) in [5.41, 5.74) is 0.521. The summed E-state index contributed by atoms with van der Waals surface area (Å²) in [5, 5.41) is 15.8. The van der Waals surface area contributed by atoms with Crippen molar-refractivity contribution in [2.45, 2.75) is 58.0 Å². The highest BCUT2D eigenvalue weighted by Gasteiger charge is 2.30. The molecule has 4 rings (SSSR count). The molecule has 0 aliphatic carbocycles. The number of carbonyl (C=O) groups is 1. The molecule has 1 aliphatic heterocycles. The first-order valence-corrected chi connectivity index (χ1v) is 12.4. The fourth-order valence-corrected chi connectivity index (χ4v) is 4.00. The molecule has 0 radical (unpaired) electrons. The Morgan fingerprint density at radius 1 is 1.11 bits per heavy atom. The van der Waals surface area contributed by atoms with Gasteiger partial charge in [-0.05, 0) is 75.2 Å². The lowest BCUT2D eigenvalue weighted by molar-refractivity contribution is -0.137. The molecule has 0 spiro atoms. The molecule has 2 aromatic carbocycles. The van der Waals surface area contributed by atoms with Gasteiger partial charge in [0.1, 0.15) is 5.60 Å². The molecule has 1 N–H and O–H groups in total. The third-order valence-corrected chi connectivity index (χ3v) is 5.79. The molecule has 1 saturated heterocycles. The van der Waals surface area contributed by atoms with Crippen LogP contribution < -0.4 is 5.32 Å². The minimum Gasteiger partial charge on any atom is -0.444 e. The Morgan fingerprint density at radius 3 is 2.55 bits per heavy atom. The third-order valence-electron chi connectivity index (χ3n) is 5.79. The summed E-state index contributed by atoms with van der Waals surface area (Å²) < 4.78 is 50.0. The van der Waals surface area contributed by atoms with E-state index >= 15 is 0 Å². The monoisotopic (exact) mass is 532 g/mol. The number of nitrogens with one attached hydrogen (secondary N) is 1. The molecule has 9 nitrogen and oxygen atoms in total. The molecule has 0 bridgehead atoms. The molecule has 1 aromatic heterocycles. The second-order valence-corrected chi connectivity index (χ2v) is 10.0. The predicted molar refractivity (Wildman–Crippen MR) is 135 cm³/mol. The Kier molecular flexibility index (Phi) is 8.20. The Hall–Kier alpha value is -3.67. The van der Waals surface area contributed by atoms with E-state index < -0.39 is 17.3 Å². The molecule has 1 fully saturated rings. The van der Waals surface area contributed by atoms with Gasteiger partial charge in [0.2, 0.25) is 5.82 Å². The second-order valence-electron chi connectivity index (χ2n) is 10.0. The van der Waals surface area contributed by atoms with E-state index in [2.05, 4.69) is 20.7 Å². The number of ether oxygens (including phenoxy) is 2. The van der Waals surface area contributed by atoms with Gasteiger partial charge in [0.15, 0.2) is 0 Å². The smallest absolute Gasteiger partial charge is 0.416 e. The molecule has 38 heavy (non-hydrogen) atoms. The van der Waals surface area contributed by atoms with Crippen molar-refractivity contribution in [2.75, 3.05) is 25.0 Å². The largest absolute Gasteiger partial charge is 0.444 e. The number of nitrogens with zero attached hydrogens (tertiary/aromatic N) is 5. The SMILES string of the molecule is CC(C)(C)OC(=O)N1CCC[C@H](OCCn2nnc(-c3ccccc3Nc3ccc(C(F)(F)F)cc3)n2)C1. The van der Waals surface area contributed by atoms with Gasteiger partial charge < -0.3 is 19.7 Å². The Labute approximate surface area is 218 Å². The zero-order valence-corrected chi connectivity index (χ0v) is 21.5. The van der Waals surface area contributed by atoms with E-state index in [1.807, 2.05) is 26.8 Å². The van der Waals surface area contributed by atoms with E-state index in [9.17, 15) is 18.0 Å². The zero-order chi connectivity index (χ0) is 27.3. The molecule has 2 heterocycles. The minimum atomic E-state index is -4.39. The lowest BCUT2D eigenvalue weighted by Gasteiger charge is -2.34. The number of aromatic nitrogens is 4. The van der Waals surface area contributed by atoms with Crippen LogP contribution >= 0.6 is 0 Å². The molecular weight excluding hydrogens is 501 g/mol. The maximum absolute atomic E-state index is 12.9. The summed E-state index contributed by atoms with van der Waals surface area (Å²) in [5.74, 6) is 0.369. The zero-order valence-electron chi connectivity index (χ0n) is 21.5. The summed E-state index contributed by atoms with van der Waals surface area (Å²) in [6, 6.07) is 12.0. The predicted octanol–water partition coefficient (Wildman–Crippen LogP) is 5.52. The van der Waals surface area contributed by atoms with Crippen molar-refractivity contribution in [1.82, 2.24) is 25.1 Å². The van der Waals surface area contributed by atoms with Gasteiger partial charge in [-0.1, -0.05) is 12.1 Å². The molecule has 0 saturated carbocycles. The van der Waals surface area contributed by atoms with Gasteiger partial charge >= 0.3 is 12.3 Å². The molecular formula is C26H31F3N6O3. The Balaban J connectivity index is 1.33. The molecule has 204 valence electrons. The molecule has 0 unspecified atom stereocenters. The van der Waals surface area contributed by atoms with Gasteiger partial charge in [0, 0.05) is 23.5 Å². The van der Waals surface area contributed by atoms with E-state index in [0.29, 0.717) is 49.0 Å². The highest BCUT2D eigenvalue weighted by Crippen LogP contribution is 2.32. The maximum Gasteiger partial charge on any atom is 0.416 e. The van der Waals surface area contributed by atoms with Crippen LogP contribution in [-0.2, 0) is 22.2 Å². The van der Waals surface area contributed by atoms with Crippen LogP contribution in [-0.4, -0.2) is 62.6 Å². The molecule has 3 aromatic rings. The van der Waals surface area contributed by atoms with E-state index in [4.69, 9.17) is 9.47 Å². The lowest BCUT2D eigenvalue weighted by Crippen LogP contribution is -2.45. The number of carbonyl (C=O) groups excluding carboxylic acids is 1. The third kappa shape index (κ3) is 7.44. The fraction of sp³-hybridized carbons (Fsp3) is 0.462. The minimum absolute atomic E-state index is 0.104. The van der Waals surface area contributed by atoms with E-state index in [-0.39, 0.29) is 12.2 Å². The van der Waals surface area contributed by atoms with Crippen molar-refractivity contribution in [3.63, 3.8) is 0 Å². The van der Waals surface area contributed by atoms with Gasteiger partial charge in [-0.3, -0.25) is 0 Å². The van der Waals surface area contributed by atoms with Crippen LogP contribution in [0.5, 0.6) is 0 Å². The number of rotatable bonds is 7. The average Bonchev–Trinajstić information content (AvgIpc) is 3.32. The summed E-state index contributed by atoms with van der Waals surface area (Å²) in [4.78, 5) is 15.5. The molecule has 1 atom stereocenters. The average molecular weight is 533 g/mol. The number of likely N-dealkylation sites (tertiary alicyclic amines) is 1. The second kappa shape index (κ2) is 11.4. The summed E-state index contributed by atoms with van der Waals surface area (Å²) in [6.07, 6.45) is -3.15. The number of para-hydroxylation sites is 1. The van der Waals surface area contributed by atoms with E-state index in [1.165, 1.54) is 16.9 Å². The van der Waals surface area contributed by atoms with Crippen LogP contribution in [0.3, 0.4) is 0 Å². The van der Waals surface area contributed by atoms with Crippen molar-refractivity contribution in [3.8, 4) is 11.4 Å². The summed E-state index contributed by atoms with van der Waals surface area (Å²) in [7, 11) is 0. The number of amides is 1. The normalized spacial score (nSPS) is 16.4. The molecule has 1 aliphatic rings. The van der Waals surface area contributed by atoms with Crippen LogP contribution in [0.1, 0.15) is 39.2 Å². The van der Waals surface area contributed by atoms with Crippen molar-refractivity contribution in [1.29, 1.82) is 0 Å². The number of tetrazole rings is 1. The van der Waals surface area contributed by atoms with Crippen molar-refractivity contribution in [3.05, 3.63) is 54.1 Å². The lowest BCUT2D eigenvalue weighted by atomic mass is 10.1. The maximum atomic E-state index is 12.9. The van der Waals surface area contributed by atoms with Gasteiger partial charge in [-0.15, -0.1) is 10.2 Å². The number of alkyl halides is 3. The van der Waals surface area contributed by atoms with Crippen LogP contribution in [0, 0.1) is 0 Å². The number of hydrogen-bond acceptors (Lipinski definition) is 7. The standard InChI is InChI=1S/C26H31F3N6O3/c1-25(2,3)38-24(36)34-14-6-7-20(17-34)37-16-15-35-32-23(31-33-35)21-8-4-5-9-22(21)30-19-12-10-18(11-13-19)26(27,28)29/h4-5,8-13,20,30H,6-7,14-17H2,1-3H3/t20-/m0/s1. The number of piperidine rings is 1. The van der Waals surface area contributed by atoms with E-state index in [0.717, 1.165) is 25.0 Å². The van der Waals surface area contributed by atoms with Gasteiger partial charge in [0.05, 0.1) is 31.4 Å². The number of benzene rings is 2. The first-order chi connectivity index (χ1) is 18.0. The van der Waals surface area contributed by atoms with Gasteiger partial charge in [-0.2, -0.15) is 18.0 Å². The first kappa shape index (κ1) is 27.4. The first-order valence-electron chi connectivity index (χ1n) is 12.4. The highest BCUT2D eigenvalue weighted by atomic mass is 19.4. The van der Waals surface area contributed by atoms with Crippen LogP contribution in [0.25, 0.3) is 11.4 Å². The number of halogens is 3. The molecule has 12 heteroatoms. The number of hydrogen-bond donors (Lipinski definition) is 1. The Bertz CT molecular complexity index is 1220.